The molecule has 1 aromatic rings. The van der Waals surface area contributed by atoms with E-state index in [-0.39, 0.29) is 12.2 Å². The second-order valence-corrected chi connectivity index (χ2v) is 7.67. The van der Waals surface area contributed by atoms with Gasteiger partial charge in [0.2, 0.25) is 0 Å². The van der Waals surface area contributed by atoms with Gasteiger partial charge in [0.25, 0.3) is 0 Å². The van der Waals surface area contributed by atoms with E-state index in [4.69, 9.17) is 9.47 Å². The molecule has 130 valence electrons. The van der Waals surface area contributed by atoms with E-state index in [0.717, 1.165) is 0 Å². The highest BCUT2D eigenvalue weighted by atomic mass is 16.5. The summed E-state index contributed by atoms with van der Waals surface area (Å²) in [6.45, 7) is 14.4. The predicted octanol–water partition coefficient (Wildman–Crippen LogP) is 5.44. The summed E-state index contributed by atoms with van der Waals surface area (Å²) in [4.78, 5) is 0. The van der Waals surface area contributed by atoms with Crippen LogP contribution < -0.4 is 0 Å². The monoisotopic (exact) mass is 318 g/mol. The van der Waals surface area contributed by atoms with Crippen LogP contribution in [0.3, 0.4) is 0 Å². The molecule has 0 bridgehead atoms. The van der Waals surface area contributed by atoms with Crippen molar-refractivity contribution in [2.75, 3.05) is 0 Å². The first-order valence-electron chi connectivity index (χ1n) is 9.26. The van der Waals surface area contributed by atoms with E-state index in [1.807, 2.05) is 0 Å². The lowest BCUT2D eigenvalue weighted by Crippen LogP contribution is -2.18. The molecule has 0 spiro atoms. The number of benzene rings is 1. The highest BCUT2D eigenvalue weighted by molar-refractivity contribution is 5.42. The van der Waals surface area contributed by atoms with E-state index >= 15 is 0 Å². The molecule has 1 aliphatic carbocycles. The summed E-state index contributed by atoms with van der Waals surface area (Å²) >= 11 is 0. The third-order valence-corrected chi connectivity index (χ3v) is 5.30. The lowest BCUT2D eigenvalue weighted by Gasteiger charge is -2.25. The summed E-state index contributed by atoms with van der Waals surface area (Å²) in [5, 5.41) is 0. The second kappa shape index (κ2) is 7.81. The Morgan fingerprint density at radius 3 is 1.52 bits per heavy atom. The molecule has 0 saturated heterocycles. The molecular weight excluding hydrogens is 284 g/mol. The zero-order valence-corrected chi connectivity index (χ0v) is 15.9. The van der Waals surface area contributed by atoms with Crippen molar-refractivity contribution in [3.63, 3.8) is 0 Å². The van der Waals surface area contributed by atoms with E-state index in [9.17, 15) is 0 Å². The Balaban J connectivity index is 2.27. The van der Waals surface area contributed by atoms with Gasteiger partial charge in [0.15, 0.2) is 0 Å². The highest BCUT2D eigenvalue weighted by Crippen LogP contribution is 2.43. The normalized spacial score (nSPS) is 16.3. The Hall–Kier alpha value is -0.860. The van der Waals surface area contributed by atoms with Crippen molar-refractivity contribution >= 4 is 0 Å². The van der Waals surface area contributed by atoms with Crippen molar-refractivity contribution in [2.24, 2.45) is 5.41 Å². The largest absolute Gasteiger partial charge is 0.374 e. The van der Waals surface area contributed by atoms with Crippen molar-refractivity contribution in [1.29, 1.82) is 0 Å². The van der Waals surface area contributed by atoms with Gasteiger partial charge >= 0.3 is 0 Å². The molecule has 0 unspecified atom stereocenters. The summed E-state index contributed by atoms with van der Waals surface area (Å²) in [6, 6.07) is 4.79. The molecule has 0 heterocycles. The maximum absolute atomic E-state index is 5.88. The Bertz CT molecular complexity index is 470. The lowest BCUT2D eigenvalue weighted by atomic mass is 9.80. The summed E-state index contributed by atoms with van der Waals surface area (Å²) in [7, 11) is 0. The predicted molar refractivity (Wildman–Crippen MR) is 96.7 cm³/mol. The van der Waals surface area contributed by atoms with Gasteiger partial charge in [-0.05, 0) is 81.0 Å². The molecule has 0 N–H and O–H groups in total. The molecule has 23 heavy (non-hydrogen) atoms. The van der Waals surface area contributed by atoms with E-state index in [1.165, 1.54) is 47.9 Å². The van der Waals surface area contributed by atoms with Crippen molar-refractivity contribution < 1.29 is 9.47 Å². The fourth-order valence-corrected chi connectivity index (χ4v) is 3.52. The van der Waals surface area contributed by atoms with Crippen LogP contribution in [-0.4, -0.2) is 12.2 Å². The third kappa shape index (κ3) is 4.58. The second-order valence-electron chi connectivity index (χ2n) is 7.67. The summed E-state index contributed by atoms with van der Waals surface area (Å²) in [5.41, 5.74) is 6.15. The van der Waals surface area contributed by atoms with Crippen LogP contribution in [0.4, 0.5) is 0 Å². The number of hydrogen-bond acceptors (Lipinski definition) is 2. The summed E-state index contributed by atoms with van der Waals surface area (Å²) < 4.78 is 11.8. The van der Waals surface area contributed by atoms with Gasteiger partial charge in [0.05, 0.1) is 25.4 Å². The Labute approximate surface area is 142 Å². The molecule has 0 saturated carbocycles. The first-order chi connectivity index (χ1) is 10.9. The first kappa shape index (κ1) is 18.5. The lowest BCUT2D eigenvalue weighted by molar-refractivity contribution is 0.0537. The van der Waals surface area contributed by atoms with Crippen molar-refractivity contribution in [1.82, 2.24) is 0 Å². The fraction of sp³-hybridized carbons (Fsp3) is 0.714. The zero-order valence-electron chi connectivity index (χ0n) is 15.9. The molecule has 0 radical (unpaired) electrons. The first-order valence-corrected chi connectivity index (χ1v) is 9.26. The van der Waals surface area contributed by atoms with Crippen LogP contribution in [0.25, 0.3) is 0 Å². The van der Waals surface area contributed by atoms with E-state index < -0.39 is 0 Å². The van der Waals surface area contributed by atoms with Gasteiger partial charge in [0, 0.05) is 0 Å². The van der Waals surface area contributed by atoms with Crippen LogP contribution in [0.2, 0.25) is 0 Å². The number of rotatable bonds is 8. The SMILES string of the molecule is CCC1(CC)Cc2cc(COC(C)C)c(COC(C)C)cc2C1. The van der Waals surface area contributed by atoms with Crippen LogP contribution >= 0.6 is 0 Å². The minimum absolute atomic E-state index is 0.257. The minimum atomic E-state index is 0.257. The molecular formula is C21H34O2. The van der Waals surface area contributed by atoms with Crippen molar-refractivity contribution in [3.8, 4) is 0 Å². The summed E-state index contributed by atoms with van der Waals surface area (Å²) in [5.74, 6) is 0. The molecule has 0 aliphatic heterocycles. The molecule has 0 fully saturated rings. The van der Waals surface area contributed by atoms with Crippen LogP contribution in [0.15, 0.2) is 12.1 Å². The molecule has 2 nitrogen and oxygen atoms in total. The smallest absolute Gasteiger partial charge is 0.0723 e. The fourth-order valence-electron chi connectivity index (χ4n) is 3.52. The molecule has 0 amide bonds. The van der Waals surface area contributed by atoms with Crippen LogP contribution in [0.5, 0.6) is 0 Å². The number of fused-ring (bicyclic) bond motifs is 1. The average Bonchev–Trinajstić information content (AvgIpc) is 2.88. The molecule has 2 heteroatoms. The van der Waals surface area contributed by atoms with Gasteiger partial charge < -0.3 is 9.47 Å². The van der Waals surface area contributed by atoms with Crippen molar-refractivity contribution in [2.45, 2.75) is 92.6 Å². The zero-order chi connectivity index (χ0) is 17.0. The number of ether oxygens (including phenoxy) is 2. The van der Waals surface area contributed by atoms with Gasteiger partial charge in [-0.3, -0.25) is 0 Å². The van der Waals surface area contributed by atoms with Crippen molar-refractivity contribution in [3.05, 3.63) is 34.4 Å². The van der Waals surface area contributed by atoms with Gasteiger partial charge in [0.1, 0.15) is 0 Å². The van der Waals surface area contributed by atoms with Gasteiger partial charge in [-0.25, -0.2) is 0 Å². The van der Waals surface area contributed by atoms with Gasteiger partial charge in [-0.2, -0.15) is 0 Å². The topological polar surface area (TPSA) is 18.5 Å². The maximum atomic E-state index is 5.88. The Kier molecular flexibility index (Phi) is 6.27. The van der Waals surface area contributed by atoms with Crippen LogP contribution in [0, 0.1) is 5.41 Å². The summed E-state index contributed by atoms with van der Waals surface area (Å²) in [6.07, 6.45) is 5.46. The maximum Gasteiger partial charge on any atom is 0.0723 e. The van der Waals surface area contributed by atoms with Gasteiger partial charge in [-0.15, -0.1) is 0 Å². The quantitative estimate of drug-likeness (QED) is 0.635. The molecule has 2 rings (SSSR count). The Morgan fingerprint density at radius 2 is 1.22 bits per heavy atom. The van der Waals surface area contributed by atoms with Crippen LogP contribution in [-0.2, 0) is 35.5 Å². The standard InChI is InChI=1S/C21H34O2/c1-7-21(8-2)11-17-9-19(13-22-15(3)4)20(10-18(17)12-21)14-23-16(5)6/h9-10,15-16H,7-8,11-14H2,1-6H3. The van der Waals surface area contributed by atoms with E-state index in [2.05, 4.69) is 53.7 Å². The van der Waals surface area contributed by atoms with E-state index in [0.29, 0.717) is 18.6 Å². The minimum Gasteiger partial charge on any atom is -0.374 e. The molecule has 1 aromatic carbocycles. The van der Waals surface area contributed by atoms with E-state index in [1.54, 1.807) is 0 Å². The average molecular weight is 319 g/mol. The third-order valence-electron chi connectivity index (χ3n) is 5.30. The van der Waals surface area contributed by atoms with Crippen LogP contribution in [0.1, 0.15) is 76.6 Å². The number of hydrogen-bond donors (Lipinski definition) is 0. The molecule has 0 aromatic heterocycles. The molecule has 0 atom stereocenters. The Morgan fingerprint density at radius 1 is 0.826 bits per heavy atom. The van der Waals surface area contributed by atoms with Gasteiger partial charge in [-0.1, -0.05) is 26.0 Å². The highest BCUT2D eigenvalue weighted by Gasteiger charge is 2.34. The molecule has 1 aliphatic rings.